The summed E-state index contributed by atoms with van der Waals surface area (Å²) >= 11 is 4.78. The Labute approximate surface area is 122 Å². The standard InChI is InChI=1S/C12H10BrN3O2S/c1-14-8-5-9(16(17)18)7-10(6-8)19-12-11(13)3-2-4-15-12/h2-7,14H,1H3. The van der Waals surface area contributed by atoms with Crippen molar-refractivity contribution in [3.63, 3.8) is 0 Å². The minimum Gasteiger partial charge on any atom is -0.388 e. The van der Waals surface area contributed by atoms with E-state index in [4.69, 9.17) is 0 Å². The molecule has 0 atom stereocenters. The third kappa shape index (κ3) is 3.45. The van der Waals surface area contributed by atoms with Gasteiger partial charge in [-0.3, -0.25) is 10.1 Å². The minimum absolute atomic E-state index is 0.0569. The fourth-order valence-corrected chi connectivity index (χ4v) is 2.82. The molecule has 0 aliphatic carbocycles. The number of pyridine rings is 1. The van der Waals surface area contributed by atoms with Gasteiger partial charge in [-0.2, -0.15) is 0 Å². The van der Waals surface area contributed by atoms with Crippen molar-refractivity contribution in [3.05, 3.63) is 51.1 Å². The molecule has 0 amide bonds. The Balaban J connectivity index is 2.37. The summed E-state index contributed by atoms with van der Waals surface area (Å²) in [6.07, 6.45) is 1.68. The summed E-state index contributed by atoms with van der Waals surface area (Å²) in [4.78, 5) is 15.5. The summed E-state index contributed by atoms with van der Waals surface area (Å²) in [6.45, 7) is 0. The number of nitrogens with one attached hydrogen (secondary N) is 1. The number of nitro benzene ring substituents is 1. The molecule has 1 aromatic heterocycles. The molecule has 0 bridgehead atoms. The topological polar surface area (TPSA) is 68.1 Å². The molecule has 0 radical (unpaired) electrons. The first kappa shape index (κ1) is 13.8. The Hall–Kier alpha value is -1.60. The van der Waals surface area contributed by atoms with Gasteiger partial charge < -0.3 is 5.32 Å². The van der Waals surface area contributed by atoms with Gasteiger partial charge in [0, 0.05) is 36.0 Å². The highest BCUT2D eigenvalue weighted by molar-refractivity contribution is 9.10. The van der Waals surface area contributed by atoms with Crippen molar-refractivity contribution >= 4 is 39.1 Å². The number of benzene rings is 1. The van der Waals surface area contributed by atoms with Crippen molar-refractivity contribution in [1.82, 2.24) is 4.98 Å². The van der Waals surface area contributed by atoms with Crippen molar-refractivity contribution in [2.75, 3.05) is 12.4 Å². The van der Waals surface area contributed by atoms with Crippen LogP contribution in [0.1, 0.15) is 0 Å². The minimum atomic E-state index is -0.404. The first-order valence-corrected chi connectivity index (χ1v) is 6.96. The zero-order chi connectivity index (χ0) is 13.8. The lowest BCUT2D eigenvalue weighted by Crippen LogP contribution is -1.93. The van der Waals surface area contributed by atoms with Gasteiger partial charge >= 0.3 is 0 Å². The second kappa shape index (κ2) is 6.03. The van der Waals surface area contributed by atoms with E-state index in [0.717, 1.165) is 14.4 Å². The largest absolute Gasteiger partial charge is 0.388 e. The number of halogens is 1. The molecule has 0 fully saturated rings. The highest BCUT2D eigenvalue weighted by Crippen LogP contribution is 2.35. The lowest BCUT2D eigenvalue weighted by Gasteiger charge is -2.06. The second-order valence-corrected chi connectivity index (χ2v) is 5.53. The Morgan fingerprint density at radius 3 is 2.84 bits per heavy atom. The van der Waals surface area contributed by atoms with E-state index >= 15 is 0 Å². The SMILES string of the molecule is CNc1cc(Sc2ncccc2Br)cc([N+](=O)[O-])c1. The van der Waals surface area contributed by atoms with E-state index in [0.29, 0.717) is 5.69 Å². The average Bonchev–Trinajstić information content (AvgIpc) is 2.41. The zero-order valence-corrected chi connectivity index (χ0v) is 12.4. The lowest BCUT2D eigenvalue weighted by molar-refractivity contribution is -0.385. The van der Waals surface area contributed by atoms with E-state index in [-0.39, 0.29) is 5.69 Å². The predicted molar refractivity (Wildman–Crippen MR) is 78.7 cm³/mol. The molecule has 1 aromatic carbocycles. The van der Waals surface area contributed by atoms with Gasteiger partial charge in [-0.1, -0.05) is 11.8 Å². The number of anilines is 1. The monoisotopic (exact) mass is 339 g/mol. The molecule has 98 valence electrons. The maximum atomic E-state index is 10.9. The summed E-state index contributed by atoms with van der Waals surface area (Å²) in [5.41, 5.74) is 0.755. The number of nitro groups is 1. The molecule has 0 aliphatic rings. The molecule has 0 spiro atoms. The van der Waals surface area contributed by atoms with Crippen LogP contribution in [0.2, 0.25) is 0 Å². The normalized spacial score (nSPS) is 10.2. The second-order valence-electron chi connectivity index (χ2n) is 3.62. The summed E-state index contributed by atoms with van der Waals surface area (Å²) in [5.74, 6) is 0. The number of rotatable bonds is 4. The number of aromatic nitrogens is 1. The third-order valence-corrected chi connectivity index (χ3v) is 4.22. The number of hydrogen-bond donors (Lipinski definition) is 1. The molecule has 2 rings (SSSR count). The smallest absolute Gasteiger partial charge is 0.272 e. The average molecular weight is 340 g/mol. The highest BCUT2D eigenvalue weighted by Gasteiger charge is 2.11. The van der Waals surface area contributed by atoms with Crippen LogP contribution >= 0.6 is 27.7 Å². The van der Waals surface area contributed by atoms with Crippen molar-refractivity contribution in [3.8, 4) is 0 Å². The predicted octanol–water partition coefficient (Wildman–Crippen LogP) is 3.95. The van der Waals surface area contributed by atoms with Gasteiger partial charge in [-0.15, -0.1) is 0 Å². The van der Waals surface area contributed by atoms with E-state index in [1.165, 1.54) is 23.9 Å². The van der Waals surface area contributed by atoms with Crippen LogP contribution in [-0.4, -0.2) is 17.0 Å². The molecular formula is C12H10BrN3O2S. The number of non-ortho nitro benzene ring substituents is 1. The van der Waals surface area contributed by atoms with Crippen molar-refractivity contribution in [1.29, 1.82) is 0 Å². The molecule has 0 unspecified atom stereocenters. The van der Waals surface area contributed by atoms with Crippen molar-refractivity contribution in [2.45, 2.75) is 9.92 Å². The Kier molecular flexibility index (Phi) is 4.39. The molecular weight excluding hydrogens is 330 g/mol. The molecule has 19 heavy (non-hydrogen) atoms. The van der Waals surface area contributed by atoms with Crippen LogP contribution in [0.5, 0.6) is 0 Å². The first-order chi connectivity index (χ1) is 9.10. The fraction of sp³-hybridized carbons (Fsp3) is 0.0833. The summed E-state index contributed by atoms with van der Waals surface area (Å²) in [5, 5.41) is 14.6. The summed E-state index contributed by atoms with van der Waals surface area (Å²) in [6, 6.07) is 8.58. The molecule has 1 heterocycles. The summed E-state index contributed by atoms with van der Waals surface area (Å²) < 4.78 is 0.859. The molecule has 5 nitrogen and oxygen atoms in total. The van der Waals surface area contributed by atoms with Crippen LogP contribution in [0.25, 0.3) is 0 Å². The summed E-state index contributed by atoms with van der Waals surface area (Å²) in [7, 11) is 1.73. The zero-order valence-electron chi connectivity index (χ0n) is 9.96. The van der Waals surface area contributed by atoms with E-state index < -0.39 is 4.92 Å². The lowest BCUT2D eigenvalue weighted by atomic mass is 10.3. The van der Waals surface area contributed by atoms with E-state index in [1.807, 2.05) is 18.2 Å². The van der Waals surface area contributed by atoms with Gasteiger partial charge in [-0.05, 0) is 34.1 Å². The Morgan fingerprint density at radius 2 is 2.21 bits per heavy atom. The van der Waals surface area contributed by atoms with Gasteiger partial charge in [0.1, 0.15) is 5.03 Å². The molecule has 1 N–H and O–H groups in total. The van der Waals surface area contributed by atoms with E-state index in [1.54, 1.807) is 13.2 Å². The maximum Gasteiger partial charge on any atom is 0.272 e. The van der Waals surface area contributed by atoms with Gasteiger partial charge in [0.2, 0.25) is 0 Å². The number of hydrogen-bond acceptors (Lipinski definition) is 5. The molecule has 2 aromatic rings. The molecule has 0 aliphatic heterocycles. The van der Waals surface area contributed by atoms with Crippen molar-refractivity contribution < 1.29 is 4.92 Å². The van der Waals surface area contributed by atoms with E-state index in [2.05, 4.69) is 26.2 Å². The van der Waals surface area contributed by atoms with Gasteiger partial charge in [0.25, 0.3) is 5.69 Å². The fourth-order valence-electron chi connectivity index (χ4n) is 1.45. The molecule has 0 saturated heterocycles. The Morgan fingerprint density at radius 1 is 1.42 bits per heavy atom. The maximum absolute atomic E-state index is 10.9. The van der Waals surface area contributed by atoms with Crippen LogP contribution in [-0.2, 0) is 0 Å². The highest BCUT2D eigenvalue weighted by atomic mass is 79.9. The van der Waals surface area contributed by atoms with Crippen LogP contribution in [0.4, 0.5) is 11.4 Å². The van der Waals surface area contributed by atoms with Gasteiger partial charge in [0.15, 0.2) is 0 Å². The third-order valence-electron chi connectivity index (χ3n) is 2.33. The van der Waals surface area contributed by atoms with Crippen molar-refractivity contribution in [2.24, 2.45) is 0 Å². The van der Waals surface area contributed by atoms with Gasteiger partial charge in [0.05, 0.1) is 9.40 Å². The first-order valence-electron chi connectivity index (χ1n) is 5.36. The Bertz CT molecular complexity index is 622. The van der Waals surface area contributed by atoms with Gasteiger partial charge in [-0.25, -0.2) is 4.98 Å². The van der Waals surface area contributed by atoms with Crippen LogP contribution in [0, 0.1) is 10.1 Å². The van der Waals surface area contributed by atoms with E-state index in [9.17, 15) is 10.1 Å². The molecule has 0 saturated carbocycles. The van der Waals surface area contributed by atoms with Crippen LogP contribution in [0.15, 0.2) is 50.9 Å². The molecule has 7 heteroatoms. The number of nitrogens with zero attached hydrogens (tertiary/aromatic N) is 2. The van der Waals surface area contributed by atoms with Crippen LogP contribution in [0.3, 0.4) is 0 Å². The van der Waals surface area contributed by atoms with Crippen LogP contribution < -0.4 is 5.32 Å². The quantitative estimate of drug-likeness (QED) is 0.674.